The third-order valence-electron chi connectivity index (χ3n) is 4.68. The van der Waals surface area contributed by atoms with E-state index in [1.54, 1.807) is 30.5 Å². The second-order valence-corrected chi connectivity index (χ2v) is 6.96. The molecule has 1 saturated heterocycles. The summed E-state index contributed by atoms with van der Waals surface area (Å²) < 4.78 is 48.8. The first-order valence-electron chi connectivity index (χ1n) is 9.65. The van der Waals surface area contributed by atoms with Gasteiger partial charge in [-0.1, -0.05) is 12.1 Å². The molecule has 162 valence electrons. The van der Waals surface area contributed by atoms with Crippen molar-refractivity contribution >= 4 is 17.5 Å². The van der Waals surface area contributed by atoms with Crippen LogP contribution in [-0.2, 0) is 4.74 Å². The Morgan fingerprint density at radius 2 is 1.97 bits per heavy atom. The van der Waals surface area contributed by atoms with Crippen molar-refractivity contribution in [1.29, 1.82) is 0 Å². The van der Waals surface area contributed by atoms with Gasteiger partial charge in [0.2, 0.25) is 11.9 Å². The maximum Gasteiger partial charge on any atom is 0.387 e. The van der Waals surface area contributed by atoms with E-state index in [-0.39, 0.29) is 17.5 Å². The van der Waals surface area contributed by atoms with Crippen molar-refractivity contribution < 1.29 is 22.6 Å². The van der Waals surface area contributed by atoms with Crippen molar-refractivity contribution in [2.24, 2.45) is 0 Å². The molecule has 1 aromatic carbocycles. The Labute approximate surface area is 176 Å². The van der Waals surface area contributed by atoms with E-state index in [4.69, 9.17) is 4.74 Å². The monoisotopic (exact) mass is 431 g/mol. The summed E-state index contributed by atoms with van der Waals surface area (Å²) >= 11 is 0. The first kappa shape index (κ1) is 20.9. The lowest BCUT2D eigenvalue weighted by Gasteiger charge is -2.31. The number of nitrogens with one attached hydrogen (secondary N) is 1. The Balaban J connectivity index is 1.53. The zero-order valence-electron chi connectivity index (χ0n) is 16.6. The maximum absolute atomic E-state index is 14.3. The van der Waals surface area contributed by atoms with Crippen LogP contribution in [0.15, 0.2) is 48.8 Å². The van der Waals surface area contributed by atoms with Crippen LogP contribution in [0, 0.1) is 5.95 Å². The fourth-order valence-electron chi connectivity index (χ4n) is 3.23. The molecule has 4 rings (SSSR count). The minimum absolute atomic E-state index is 0.0399. The van der Waals surface area contributed by atoms with E-state index in [0.29, 0.717) is 42.6 Å². The number of nitrogens with zero attached hydrogens (tertiary/aromatic N) is 4. The summed E-state index contributed by atoms with van der Waals surface area (Å²) in [5.41, 5.74) is 1.40. The molecule has 1 N–H and O–H groups in total. The molecule has 31 heavy (non-hydrogen) atoms. The quantitative estimate of drug-likeness (QED) is 0.585. The van der Waals surface area contributed by atoms with Crippen molar-refractivity contribution in [3.05, 3.63) is 54.7 Å². The molecule has 0 aliphatic carbocycles. The summed E-state index contributed by atoms with van der Waals surface area (Å²) in [6, 6.07) is 9.23. The average molecular weight is 431 g/mol. The van der Waals surface area contributed by atoms with Gasteiger partial charge in [-0.2, -0.15) is 18.2 Å². The fraction of sp³-hybridized carbons (Fsp3) is 0.286. The molecule has 2 aromatic heterocycles. The molecule has 1 atom stereocenters. The van der Waals surface area contributed by atoms with Crippen LogP contribution in [0.3, 0.4) is 0 Å². The molecular formula is C21H20F3N5O2. The normalized spacial score (nSPS) is 16.4. The van der Waals surface area contributed by atoms with Crippen LogP contribution in [-0.4, -0.2) is 47.4 Å². The Bertz CT molecular complexity index is 1040. The van der Waals surface area contributed by atoms with E-state index >= 15 is 0 Å². The minimum atomic E-state index is -2.90. The van der Waals surface area contributed by atoms with Gasteiger partial charge in [-0.25, -0.2) is 9.97 Å². The highest BCUT2D eigenvalue weighted by Gasteiger charge is 2.19. The first-order chi connectivity index (χ1) is 15.0. The molecule has 1 aliphatic heterocycles. The standard InChI is InChI=1S/C21H20F3N5O2/c1-13-12-29(8-9-30-13)21-25-7-6-18(28-21)27-17-10-15(11-26-19(17)22)14-2-4-16(5-3-14)31-20(23)24/h2-7,10-11,13,20H,8-9,12H2,1H3,(H,25,27,28). The van der Waals surface area contributed by atoms with Crippen LogP contribution in [0.25, 0.3) is 11.1 Å². The van der Waals surface area contributed by atoms with Crippen molar-refractivity contribution in [3.8, 4) is 16.9 Å². The van der Waals surface area contributed by atoms with Crippen LogP contribution in [0.2, 0.25) is 0 Å². The van der Waals surface area contributed by atoms with E-state index in [2.05, 4.69) is 25.0 Å². The van der Waals surface area contributed by atoms with Crippen molar-refractivity contribution in [1.82, 2.24) is 15.0 Å². The van der Waals surface area contributed by atoms with Crippen LogP contribution in [0.4, 0.5) is 30.6 Å². The summed E-state index contributed by atoms with van der Waals surface area (Å²) in [5, 5.41) is 2.94. The van der Waals surface area contributed by atoms with Gasteiger partial charge in [-0.15, -0.1) is 0 Å². The zero-order chi connectivity index (χ0) is 21.8. The van der Waals surface area contributed by atoms with E-state index in [9.17, 15) is 13.2 Å². The largest absolute Gasteiger partial charge is 0.435 e. The SMILES string of the molecule is CC1CN(c2nccc(Nc3cc(-c4ccc(OC(F)F)cc4)cnc3F)n2)CCO1. The molecule has 1 fully saturated rings. The highest BCUT2D eigenvalue weighted by molar-refractivity contribution is 5.69. The third-order valence-corrected chi connectivity index (χ3v) is 4.68. The van der Waals surface area contributed by atoms with Gasteiger partial charge in [-0.3, -0.25) is 0 Å². The number of pyridine rings is 1. The predicted octanol–water partition coefficient (Wildman–Crippen LogP) is 4.25. The van der Waals surface area contributed by atoms with Crippen LogP contribution in [0.5, 0.6) is 5.75 Å². The highest BCUT2D eigenvalue weighted by Crippen LogP contribution is 2.27. The van der Waals surface area contributed by atoms with Crippen LogP contribution >= 0.6 is 0 Å². The molecule has 0 spiro atoms. The molecule has 0 bridgehead atoms. The number of rotatable bonds is 6. The number of morpholine rings is 1. The molecule has 10 heteroatoms. The number of anilines is 3. The molecule has 0 radical (unpaired) electrons. The lowest BCUT2D eigenvalue weighted by Crippen LogP contribution is -2.42. The van der Waals surface area contributed by atoms with Gasteiger partial charge in [0.15, 0.2) is 0 Å². The number of hydrogen-bond acceptors (Lipinski definition) is 7. The number of halogens is 3. The zero-order valence-corrected chi connectivity index (χ0v) is 16.6. The minimum Gasteiger partial charge on any atom is -0.435 e. The van der Waals surface area contributed by atoms with Crippen molar-refractivity contribution in [2.45, 2.75) is 19.6 Å². The second-order valence-electron chi connectivity index (χ2n) is 6.96. The Morgan fingerprint density at radius 1 is 1.16 bits per heavy atom. The molecule has 3 heterocycles. The maximum atomic E-state index is 14.3. The second kappa shape index (κ2) is 9.17. The number of hydrogen-bond donors (Lipinski definition) is 1. The molecule has 7 nitrogen and oxygen atoms in total. The number of benzene rings is 1. The van der Waals surface area contributed by atoms with E-state index < -0.39 is 12.6 Å². The van der Waals surface area contributed by atoms with Gasteiger partial charge in [0.25, 0.3) is 0 Å². The fourth-order valence-corrected chi connectivity index (χ4v) is 3.23. The molecule has 3 aromatic rings. The van der Waals surface area contributed by atoms with Crippen LogP contribution in [0.1, 0.15) is 6.92 Å². The van der Waals surface area contributed by atoms with E-state index in [1.165, 1.54) is 18.3 Å². The third kappa shape index (κ3) is 5.21. The number of aromatic nitrogens is 3. The Kier molecular flexibility index (Phi) is 6.17. The van der Waals surface area contributed by atoms with Crippen molar-refractivity contribution in [3.63, 3.8) is 0 Å². The molecule has 0 amide bonds. The molecule has 0 saturated carbocycles. The van der Waals surface area contributed by atoms with Gasteiger partial charge in [-0.05, 0) is 36.8 Å². The predicted molar refractivity (Wildman–Crippen MR) is 109 cm³/mol. The molecule has 1 aliphatic rings. The lowest BCUT2D eigenvalue weighted by molar-refractivity contribution is -0.0498. The average Bonchev–Trinajstić information content (AvgIpc) is 2.76. The first-order valence-corrected chi connectivity index (χ1v) is 9.65. The summed E-state index contributed by atoms with van der Waals surface area (Å²) in [4.78, 5) is 14.6. The Hall–Kier alpha value is -3.40. The van der Waals surface area contributed by atoms with Gasteiger partial charge >= 0.3 is 6.61 Å². The molecular weight excluding hydrogens is 411 g/mol. The van der Waals surface area contributed by atoms with Gasteiger partial charge in [0.05, 0.1) is 18.4 Å². The number of ether oxygens (including phenoxy) is 2. The van der Waals surface area contributed by atoms with Crippen LogP contribution < -0.4 is 15.0 Å². The topological polar surface area (TPSA) is 72.4 Å². The summed E-state index contributed by atoms with van der Waals surface area (Å²) in [5.74, 6) is 0.293. The molecule has 1 unspecified atom stereocenters. The Morgan fingerprint density at radius 3 is 2.71 bits per heavy atom. The highest BCUT2D eigenvalue weighted by atomic mass is 19.3. The van der Waals surface area contributed by atoms with Gasteiger partial charge in [0.1, 0.15) is 11.6 Å². The smallest absolute Gasteiger partial charge is 0.387 e. The van der Waals surface area contributed by atoms with E-state index in [1.807, 2.05) is 11.8 Å². The lowest BCUT2D eigenvalue weighted by atomic mass is 10.1. The van der Waals surface area contributed by atoms with Gasteiger partial charge < -0.3 is 19.7 Å². The van der Waals surface area contributed by atoms with Crippen molar-refractivity contribution in [2.75, 3.05) is 29.9 Å². The van der Waals surface area contributed by atoms with Gasteiger partial charge in [0, 0.05) is 31.0 Å². The summed E-state index contributed by atoms with van der Waals surface area (Å²) in [6.45, 7) is 1.01. The summed E-state index contributed by atoms with van der Waals surface area (Å²) in [7, 11) is 0. The summed E-state index contributed by atoms with van der Waals surface area (Å²) in [6.07, 6.45) is 3.04. The number of alkyl halides is 2. The van der Waals surface area contributed by atoms with E-state index in [0.717, 1.165) is 0 Å².